The topological polar surface area (TPSA) is 117 Å². The second-order valence-electron chi connectivity index (χ2n) is 7.42. The molecule has 1 saturated heterocycles. The molecule has 2 aromatic rings. The van der Waals surface area contributed by atoms with Crippen molar-refractivity contribution in [1.29, 1.82) is 0 Å². The van der Waals surface area contributed by atoms with Gasteiger partial charge in [0.05, 0.1) is 23.6 Å². The summed E-state index contributed by atoms with van der Waals surface area (Å²) in [4.78, 5) is 12.3. The summed E-state index contributed by atoms with van der Waals surface area (Å²) in [6, 6.07) is 10.5. The molecule has 4 N–H and O–H groups in total. The first-order valence-corrected chi connectivity index (χ1v) is 12.0. The highest BCUT2D eigenvalue weighted by Gasteiger charge is 2.32. The van der Waals surface area contributed by atoms with E-state index in [4.69, 9.17) is 16.3 Å². The highest BCUT2D eigenvalue weighted by atomic mass is 35.5. The van der Waals surface area contributed by atoms with E-state index in [0.29, 0.717) is 30.0 Å². The Morgan fingerprint density at radius 2 is 1.97 bits per heavy atom. The van der Waals surface area contributed by atoms with Crippen LogP contribution in [0.1, 0.15) is 19.3 Å². The third kappa shape index (κ3) is 6.88. The smallest absolute Gasteiger partial charge is 0.319 e. The maximum atomic E-state index is 13.3. The third-order valence-electron chi connectivity index (χ3n) is 5.06. The van der Waals surface area contributed by atoms with Gasteiger partial charge in [0.1, 0.15) is 11.9 Å². The van der Waals surface area contributed by atoms with Crippen LogP contribution >= 0.6 is 11.6 Å². The fraction of sp³-hybridized carbons (Fsp3) is 0.381. The number of aliphatic hydroxyl groups is 1. The Kier molecular flexibility index (Phi) is 8.44. The minimum absolute atomic E-state index is 0.0800. The average Bonchev–Trinajstić information content (AvgIpc) is 2.74. The van der Waals surface area contributed by atoms with Gasteiger partial charge in [0.25, 0.3) is 0 Å². The van der Waals surface area contributed by atoms with Crippen molar-refractivity contribution >= 4 is 33.3 Å². The molecule has 2 amide bonds. The monoisotopic (exact) mass is 485 g/mol. The van der Waals surface area contributed by atoms with Gasteiger partial charge in [-0.05, 0) is 55.7 Å². The third-order valence-corrected chi connectivity index (χ3v) is 6.75. The molecule has 0 bridgehead atoms. The quantitative estimate of drug-likeness (QED) is 0.458. The van der Waals surface area contributed by atoms with Gasteiger partial charge < -0.3 is 20.5 Å². The number of aliphatic hydroxyl groups excluding tert-OH is 1. The van der Waals surface area contributed by atoms with Crippen molar-refractivity contribution in [2.45, 2.75) is 42.4 Å². The van der Waals surface area contributed by atoms with Crippen molar-refractivity contribution in [3.63, 3.8) is 0 Å². The van der Waals surface area contributed by atoms with Gasteiger partial charge in [-0.2, -0.15) is 0 Å². The molecule has 0 aromatic heterocycles. The number of sulfonamides is 1. The predicted molar refractivity (Wildman–Crippen MR) is 119 cm³/mol. The summed E-state index contributed by atoms with van der Waals surface area (Å²) in [5.41, 5.74) is 0.310. The number of carbonyl (C=O) groups excluding carboxylic acids is 1. The van der Waals surface area contributed by atoms with Crippen molar-refractivity contribution < 1.29 is 27.4 Å². The van der Waals surface area contributed by atoms with Gasteiger partial charge in [-0.15, -0.1) is 0 Å². The number of rotatable bonds is 8. The van der Waals surface area contributed by atoms with Crippen molar-refractivity contribution in [2.75, 3.05) is 18.5 Å². The Hall–Kier alpha value is -2.24. The molecule has 1 fully saturated rings. The van der Waals surface area contributed by atoms with E-state index in [9.17, 15) is 22.7 Å². The lowest BCUT2D eigenvalue weighted by molar-refractivity contribution is -0.0884. The molecule has 0 unspecified atom stereocenters. The number of anilines is 1. The average molecular weight is 486 g/mol. The summed E-state index contributed by atoms with van der Waals surface area (Å²) in [5, 5.41) is 15.3. The van der Waals surface area contributed by atoms with Gasteiger partial charge in [0.2, 0.25) is 10.0 Å². The fourth-order valence-corrected chi connectivity index (χ4v) is 4.83. The van der Waals surface area contributed by atoms with E-state index >= 15 is 0 Å². The Bertz CT molecular complexity index is 1040. The number of carbonyl (C=O) groups is 1. The van der Waals surface area contributed by atoms with Gasteiger partial charge in [0, 0.05) is 17.3 Å². The number of amides is 2. The zero-order chi connectivity index (χ0) is 23.1. The molecule has 3 rings (SSSR count). The predicted octanol–water partition coefficient (Wildman–Crippen LogP) is 2.88. The van der Waals surface area contributed by atoms with Crippen LogP contribution in [-0.4, -0.2) is 51.0 Å². The molecule has 32 heavy (non-hydrogen) atoms. The summed E-state index contributed by atoms with van der Waals surface area (Å²) in [6.07, 6.45) is 0.585. The molecule has 0 aliphatic carbocycles. The van der Waals surface area contributed by atoms with E-state index in [1.54, 1.807) is 18.2 Å². The molecule has 0 radical (unpaired) electrons. The van der Waals surface area contributed by atoms with Crippen LogP contribution < -0.4 is 15.4 Å². The molecule has 2 aromatic carbocycles. The minimum atomic E-state index is -3.69. The van der Waals surface area contributed by atoms with Crippen LogP contribution in [-0.2, 0) is 14.8 Å². The van der Waals surface area contributed by atoms with Gasteiger partial charge in [-0.3, -0.25) is 0 Å². The van der Waals surface area contributed by atoms with Crippen LogP contribution in [0.5, 0.6) is 0 Å². The normalized spacial score (nSPS) is 21.2. The molecule has 1 aliphatic rings. The molecule has 1 aliphatic heterocycles. The number of urea groups is 1. The highest BCUT2D eigenvalue weighted by molar-refractivity contribution is 7.89. The number of halogens is 2. The van der Waals surface area contributed by atoms with Crippen LogP contribution in [0.25, 0.3) is 0 Å². The Morgan fingerprint density at radius 3 is 2.69 bits per heavy atom. The zero-order valence-electron chi connectivity index (χ0n) is 17.1. The molecule has 0 saturated carbocycles. The molecule has 3 atom stereocenters. The van der Waals surface area contributed by atoms with E-state index in [1.165, 1.54) is 30.3 Å². The first-order chi connectivity index (χ1) is 15.3. The van der Waals surface area contributed by atoms with Crippen molar-refractivity contribution in [3.8, 4) is 0 Å². The van der Waals surface area contributed by atoms with Gasteiger partial charge in [0.15, 0.2) is 0 Å². The molecular weight excluding hydrogens is 461 g/mol. The summed E-state index contributed by atoms with van der Waals surface area (Å²) >= 11 is 5.85. The van der Waals surface area contributed by atoms with Crippen molar-refractivity contribution in [1.82, 2.24) is 10.0 Å². The Balaban J connectivity index is 1.47. The van der Waals surface area contributed by atoms with Crippen LogP contribution in [0.4, 0.5) is 14.9 Å². The van der Waals surface area contributed by atoms with Crippen LogP contribution in [0.15, 0.2) is 53.4 Å². The highest BCUT2D eigenvalue weighted by Crippen LogP contribution is 2.22. The molecule has 0 spiro atoms. The first kappa shape index (κ1) is 24.4. The lowest BCUT2D eigenvalue weighted by atomic mass is 9.97. The Labute approximate surface area is 191 Å². The number of benzene rings is 2. The SMILES string of the molecule is O=C(Nc1cccc(F)c1)N[C@@H]1CC[C@H](CCNS(=O)(=O)c2cccc(Cl)c2)O[C@@H]1CO. The number of ether oxygens (including phenoxy) is 1. The number of hydrogen-bond acceptors (Lipinski definition) is 5. The van der Waals surface area contributed by atoms with Gasteiger partial charge >= 0.3 is 6.03 Å². The van der Waals surface area contributed by atoms with Gasteiger partial charge in [-0.1, -0.05) is 23.7 Å². The van der Waals surface area contributed by atoms with E-state index in [-0.39, 0.29) is 24.2 Å². The van der Waals surface area contributed by atoms with Crippen LogP contribution in [0.2, 0.25) is 5.02 Å². The Morgan fingerprint density at radius 1 is 1.19 bits per heavy atom. The second kappa shape index (κ2) is 11.1. The lowest BCUT2D eigenvalue weighted by Gasteiger charge is -2.36. The fourth-order valence-electron chi connectivity index (χ4n) is 3.48. The maximum absolute atomic E-state index is 13.3. The van der Waals surface area contributed by atoms with E-state index in [0.717, 1.165) is 0 Å². The number of hydrogen-bond donors (Lipinski definition) is 4. The summed E-state index contributed by atoms with van der Waals surface area (Å²) in [6.45, 7) is -0.161. The van der Waals surface area contributed by atoms with E-state index < -0.39 is 34.0 Å². The van der Waals surface area contributed by atoms with Crippen LogP contribution in [0, 0.1) is 5.82 Å². The summed E-state index contributed by atoms with van der Waals surface area (Å²) in [5.74, 6) is -0.467. The van der Waals surface area contributed by atoms with Crippen molar-refractivity contribution in [2.24, 2.45) is 0 Å². The molecule has 174 valence electrons. The molecular formula is C21H25ClFN3O5S. The lowest BCUT2D eigenvalue weighted by Crippen LogP contribution is -2.52. The van der Waals surface area contributed by atoms with Gasteiger partial charge in [-0.25, -0.2) is 22.3 Å². The molecule has 8 nitrogen and oxygen atoms in total. The maximum Gasteiger partial charge on any atom is 0.319 e. The van der Waals surface area contributed by atoms with Crippen molar-refractivity contribution in [3.05, 3.63) is 59.4 Å². The molecule has 1 heterocycles. The standard InChI is InChI=1S/C21H25ClFN3O5S/c22-14-3-1-6-18(11-14)32(29,30)24-10-9-17-7-8-19(20(13-27)31-17)26-21(28)25-16-5-2-4-15(23)12-16/h1-6,11-12,17,19-20,24,27H,7-10,13H2,(H2,25,26,28)/t17-,19-,20-/m1/s1. The molecule has 11 heteroatoms. The zero-order valence-corrected chi connectivity index (χ0v) is 18.7. The summed E-state index contributed by atoms with van der Waals surface area (Å²) in [7, 11) is -3.69. The van der Waals surface area contributed by atoms with Crippen LogP contribution in [0.3, 0.4) is 0 Å². The summed E-state index contributed by atoms with van der Waals surface area (Å²) < 4.78 is 46.3. The first-order valence-electron chi connectivity index (χ1n) is 10.1. The number of nitrogens with one attached hydrogen (secondary N) is 3. The second-order valence-corrected chi connectivity index (χ2v) is 9.62. The van der Waals surface area contributed by atoms with E-state index in [2.05, 4.69) is 15.4 Å². The van der Waals surface area contributed by atoms with E-state index in [1.807, 2.05) is 0 Å². The minimum Gasteiger partial charge on any atom is -0.394 e. The largest absolute Gasteiger partial charge is 0.394 e.